The summed E-state index contributed by atoms with van der Waals surface area (Å²) in [5.74, 6) is 0.875. The first-order valence-corrected chi connectivity index (χ1v) is 7.06. The van der Waals surface area contributed by atoms with Crippen LogP contribution in [0.5, 0.6) is 5.75 Å². The smallest absolute Gasteiger partial charge is 0.228 e. The van der Waals surface area contributed by atoms with Gasteiger partial charge in [-0.2, -0.15) is 0 Å². The molecule has 3 N–H and O–H groups in total. The number of nitrogens with one attached hydrogen (secondary N) is 1. The fourth-order valence-electron chi connectivity index (χ4n) is 2.88. The number of fused-ring (bicyclic) bond motifs is 1. The van der Waals surface area contributed by atoms with E-state index in [2.05, 4.69) is 5.32 Å². The van der Waals surface area contributed by atoms with E-state index in [0.717, 1.165) is 11.3 Å². The molecule has 1 aromatic carbocycles. The fraction of sp³-hybridized carbons (Fsp3) is 0.533. The first kappa shape index (κ1) is 13.4. The molecule has 2 aliphatic heterocycles. The number of carbonyl (C=O) groups excluding carboxylic acids is 1. The molecular weight excluding hydrogens is 256 g/mol. The molecule has 108 valence electrons. The van der Waals surface area contributed by atoms with Crippen LogP contribution in [0.4, 0.5) is 0 Å². The van der Waals surface area contributed by atoms with Crippen LogP contribution in [0.2, 0.25) is 0 Å². The molecule has 5 nitrogen and oxygen atoms in total. The number of amides is 1. The Morgan fingerprint density at radius 1 is 1.35 bits per heavy atom. The molecule has 1 amide bonds. The van der Waals surface area contributed by atoms with Gasteiger partial charge in [-0.25, -0.2) is 0 Å². The van der Waals surface area contributed by atoms with Crippen molar-refractivity contribution in [1.82, 2.24) is 5.32 Å². The minimum Gasteiger partial charge on any atom is -0.491 e. The van der Waals surface area contributed by atoms with E-state index in [-0.39, 0.29) is 11.9 Å². The molecule has 2 aliphatic rings. The number of hydrogen-bond acceptors (Lipinski definition) is 4. The SMILES string of the molecule is NCC1(C(=O)NC2COc3ccccc32)CCOCC1. The normalized spacial score (nSPS) is 23.8. The minimum atomic E-state index is -0.490. The molecule has 5 heteroatoms. The number of benzene rings is 1. The van der Waals surface area contributed by atoms with Gasteiger partial charge in [0.25, 0.3) is 0 Å². The molecule has 1 aromatic rings. The summed E-state index contributed by atoms with van der Waals surface area (Å²) in [6, 6.07) is 7.73. The number of carbonyl (C=O) groups is 1. The maximum absolute atomic E-state index is 12.6. The van der Waals surface area contributed by atoms with Crippen molar-refractivity contribution in [2.24, 2.45) is 11.1 Å². The summed E-state index contributed by atoms with van der Waals surface area (Å²) in [5, 5.41) is 3.10. The van der Waals surface area contributed by atoms with Gasteiger partial charge in [-0.15, -0.1) is 0 Å². The summed E-state index contributed by atoms with van der Waals surface area (Å²) in [5.41, 5.74) is 6.41. The monoisotopic (exact) mass is 276 g/mol. The van der Waals surface area contributed by atoms with E-state index in [1.165, 1.54) is 0 Å². The summed E-state index contributed by atoms with van der Waals surface area (Å²) in [6.07, 6.45) is 1.37. The van der Waals surface area contributed by atoms with Gasteiger partial charge in [0, 0.05) is 25.3 Å². The predicted molar refractivity (Wildman–Crippen MR) is 74.4 cm³/mol. The summed E-state index contributed by atoms with van der Waals surface area (Å²) in [4.78, 5) is 12.6. The third-order valence-electron chi connectivity index (χ3n) is 4.33. The standard InChI is InChI=1S/C15H20N2O3/c16-10-15(5-7-19-8-6-15)14(18)17-12-9-20-13-4-2-1-3-11(12)13/h1-4,12H,5-10,16H2,(H,17,18). The molecule has 1 atom stereocenters. The van der Waals surface area contributed by atoms with Gasteiger partial charge >= 0.3 is 0 Å². The lowest BCUT2D eigenvalue weighted by Crippen LogP contribution is -2.50. The van der Waals surface area contributed by atoms with Gasteiger partial charge in [-0.3, -0.25) is 4.79 Å². The van der Waals surface area contributed by atoms with Crippen LogP contribution in [0.1, 0.15) is 24.4 Å². The van der Waals surface area contributed by atoms with Crippen molar-refractivity contribution in [2.75, 3.05) is 26.4 Å². The first-order chi connectivity index (χ1) is 9.75. The molecule has 0 aliphatic carbocycles. The fourth-order valence-corrected chi connectivity index (χ4v) is 2.88. The van der Waals surface area contributed by atoms with E-state index >= 15 is 0 Å². The third kappa shape index (κ3) is 2.27. The van der Waals surface area contributed by atoms with E-state index in [4.69, 9.17) is 15.2 Å². The van der Waals surface area contributed by atoms with E-state index in [1.807, 2.05) is 24.3 Å². The highest BCUT2D eigenvalue weighted by molar-refractivity contribution is 5.83. The van der Waals surface area contributed by atoms with Crippen LogP contribution in [0.3, 0.4) is 0 Å². The van der Waals surface area contributed by atoms with Crippen molar-refractivity contribution >= 4 is 5.91 Å². The molecule has 3 rings (SSSR count). The van der Waals surface area contributed by atoms with Gasteiger partial charge in [0.1, 0.15) is 12.4 Å². The zero-order valence-electron chi connectivity index (χ0n) is 11.4. The Morgan fingerprint density at radius 2 is 2.10 bits per heavy atom. The van der Waals surface area contributed by atoms with Gasteiger partial charge < -0.3 is 20.5 Å². The first-order valence-electron chi connectivity index (χ1n) is 7.06. The highest BCUT2D eigenvalue weighted by Crippen LogP contribution is 2.34. The second kappa shape index (κ2) is 5.42. The molecule has 0 aromatic heterocycles. The highest BCUT2D eigenvalue weighted by Gasteiger charge is 2.40. The van der Waals surface area contributed by atoms with E-state index < -0.39 is 5.41 Å². The van der Waals surface area contributed by atoms with Crippen molar-refractivity contribution in [2.45, 2.75) is 18.9 Å². The van der Waals surface area contributed by atoms with Crippen LogP contribution in [0, 0.1) is 5.41 Å². The zero-order valence-corrected chi connectivity index (χ0v) is 11.4. The van der Waals surface area contributed by atoms with Crippen LogP contribution in [0.25, 0.3) is 0 Å². The lowest BCUT2D eigenvalue weighted by atomic mass is 9.79. The second-order valence-electron chi connectivity index (χ2n) is 5.47. The quantitative estimate of drug-likeness (QED) is 0.863. The second-order valence-corrected chi connectivity index (χ2v) is 5.47. The Bertz CT molecular complexity index is 498. The molecule has 1 unspecified atom stereocenters. The Hall–Kier alpha value is -1.59. The Morgan fingerprint density at radius 3 is 2.85 bits per heavy atom. The lowest BCUT2D eigenvalue weighted by molar-refractivity contribution is -0.136. The maximum Gasteiger partial charge on any atom is 0.228 e. The van der Waals surface area contributed by atoms with Gasteiger partial charge in [-0.05, 0) is 18.9 Å². The highest BCUT2D eigenvalue weighted by atomic mass is 16.5. The van der Waals surface area contributed by atoms with Crippen LogP contribution in [-0.2, 0) is 9.53 Å². The van der Waals surface area contributed by atoms with Crippen molar-refractivity contribution in [3.05, 3.63) is 29.8 Å². The summed E-state index contributed by atoms with van der Waals surface area (Å²) in [7, 11) is 0. The molecular formula is C15H20N2O3. The van der Waals surface area contributed by atoms with Crippen molar-refractivity contribution in [1.29, 1.82) is 0 Å². The number of ether oxygens (including phenoxy) is 2. The van der Waals surface area contributed by atoms with Gasteiger partial charge in [0.15, 0.2) is 0 Å². The Labute approximate surface area is 118 Å². The van der Waals surface area contributed by atoms with Crippen LogP contribution in [-0.4, -0.2) is 32.3 Å². The van der Waals surface area contributed by atoms with Gasteiger partial charge in [0.05, 0.1) is 11.5 Å². The molecule has 1 saturated heterocycles. The van der Waals surface area contributed by atoms with Crippen molar-refractivity contribution < 1.29 is 14.3 Å². The number of para-hydroxylation sites is 1. The number of nitrogens with two attached hydrogens (primary N) is 1. The van der Waals surface area contributed by atoms with E-state index in [9.17, 15) is 4.79 Å². The predicted octanol–water partition coefficient (Wildman–Crippen LogP) is 0.992. The molecule has 0 bridgehead atoms. The van der Waals surface area contributed by atoms with Gasteiger partial charge in [0.2, 0.25) is 5.91 Å². The average molecular weight is 276 g/mol. The van der Waals surface area contributed by atoms with Crippen LogP contribution in [0.15, 0.2) is 24.3 Å². The third-order valence-corrected chi connectivity index (χ3v) is 4.33. The average Bonchev–Trinajstić information content (AvgIpc) is 2.91. The number of hydrogen-bond donors (Lipinski definition) is 2. The summed E-state index contributed by atoms with van der Waals surface area (Å²) >= 11 is 0. The molecule has 2 heterocycles. The van der Waals surface area contributed by atoms with Crippen molar-refractivity contribution in [3.8, 4) is 5.75 Å². The van der Waals surface area contributed by atoms with Gasteiger partial charge in [-0.1, -0.05) is 18.2 Å². The minimum absolute atomic E-state index is 0.0219. The Kier molecular flexibility index (Phi) is 3.63. The molecule has 0 saturated carbocycles. The lowest BCUT2D eigenvalue weighted by Gasteiger charge is -2.35. The maximum atomic E-state index is 12.6. The molecule has 0 spiro atoms. The largest absolute Gasteiger partial charge is 0.491 e. The summed E-state index contributed by atoms with van der Waals surface area (Å²) in [6.45, 7) is 2.05. The van der Waals surface area contributed by atoms with Crippen LogP contribution < -0.4 is 15.8 Å². The van der Waals surface area contributed by atoms with E-state index in [1.54, 1.807) is 0 Å². The zero-order chi connectivity index (χ0) is 14.0. The van der Waals surface area contributed by atoms with Crippen LogP contribution >= 0.6 is 0 Å². The number of rotatable bonds is 3. The molecule has 20 heavy (non-hydrogen) atoms. The molecule has 0 radical (unpaired) electrons. The topological polar surface area (TPSA) is 73.6 Å². The Balaban J connectivity index is 1.73. The summed E-state index contributed by atoms with van der Waals surface area (Å²) < 4.78 is 10.9. The molecule has 1 fully saturated rings. The van der Waals surface area contributed by atoms with Crippen molar-refractivity contribution in [3.63, 3.8) is 0 Å². The van der Waals surface area contributed by atoms with E-state index in [0.29, 0.717) is 39.2 Å².